The smallest absolute Gasteiger partial charge is 0.311 e. The Balaban J connectivity index is 1.46. The molecule has 9 heteroatoms. The fourth-order valence-electron chi connectivity index (χ4n) is 5.21. The van der Waals surface area contributed by atoms with E-state index in [1.54, 1.807) is 0 Å². The summed E-state index contributed by atoms with van der Waals surface area (Å²) in [5.74, 6) is 0.0938. The fraction of sp³-hybridized carbons (Fsp3) is 0.760. The van der Waals surface area contributed by atoms with Crippen LogP contribution < -0.4 is 4.90 Å². The molecule has 0 spiro atoms. The molecule has 2 saturated heterocycles. The summed E-state index contributed by atoms with van der Waals surface area (Å²) in [4.78, 5) is 19.7. The van der Waals surface area contributed by atoms with Crippen LogP contribution in [0.25, 0.3) is 0 Å². The van der Waals surface area contributed by atoms with Crippen molar-refractivity contribution in [2.75, 3.05) is 45.4 Å². The summed E-state index contributed by atoms with van der Waals surface area (Å²) in [6.07, 6.45) is 4.82. The van der Waals surface area contributed by atoms with Crippen molar-refractivity contribution in [3.63, 3.8) is 0 Å². The van der Waals surface area contributed by atoms with Crippen molar-refractivity contribution >= 4 is 11.7 Å². The van der Waals surface area contributed by atoms with E-state index in [-0.39, 0.29) is 30.3 Å². The lowest BCUT2D eigenvalue weighted by molar-refractivity contribution is -0.170. The molecule has 3 aliphatic heterocycles. The minimum atomic E-state index is -0.507. The number of hydrogen-bond donors (Lipinski definition) is 0. The van der Waals surface area contributed by atoms with Crippen LogP contribution in [-0.4, -0.2) is 68.8 Å². The number of esters is 1. The molecule has 0 aromatic carbocycles. The maximum Gasteiger partial charge on any atom is 0.311 e. The molecule has 4 rings (SSSR count). The number of aryl methyl sites for hydroxylation is 1. The van der Waals surface area contributed by atoms with E-state index in [0.717, 1.165) is 68.9 Å². The maximum absolute atomic E-state index is 12.3. The average Bonchev–Trinajstić information content (AvgIpc) is 3.50. The van der Waals surface area contributed by atoms with Crippen LogP contribution in [0.1, 0.15) is 63.9 Å². The lowest BCUT2D eigenvalue weighted by Gasteiger charge is -2.29. The predicted octanol–water partition coefficient (Wildman–Crippen LogP) is 3.94. The number of hydrogen-bond acceptors (Lipinski definition) is 9. The Labute approximate surface area is 202 Å². The van der Waals surface area contributed by atoms with Crippen molar-refractivity contribution in [3.8, 4) is 0 Å². The Hall–Kier alpha value is -2.26. The Kier molecular flexibility index (Phi) is 7.72. The van der Waals surface area contributed by atoms with Gasteiger partial charge in [-0.3, -0.25) is 14.8 Å². The zero-order chi connectivity index (χ0) is 24.3. The molecule has 4 atom stereocenters. The molecule has 0 bridgehead atoms. The normalized spacial score (nSPS) is 27.4. The molecular weight excluding hydrogens is 434 g/mol. The molecule has 1 aromatic heterocycles. The van der Waals surface area contributed by atoms with Gasteiger partial charge in [0.1, 0.15) is 12.1 Å². The lowest BCUT2D eigenvalue weighted by atomic mass is 9.78. The van der Waals surface area contributed by atoms with E-state index >= 15 is 0 Å². The zero-order valence-electron chi connectivity index (χ0n) is 21.2. The van der Waals surface area contributed by atoms with Crippen LogP contribution in [0.4, 0.5) is 5.69 Å². The summed E-state index contributed by atoms with van der Waals surface area (Å²) in [5, 5.41) is 10.7. The van der Waals surface area contributed by atoms with E-state index in [1.165, 1.54) is 7.11 Å². The van der Waals surface area contributed by atoms with Crippen LogP contribution >= 0.6 is 0 Å². The van der Waals surface area contributed by atoms with Crippen molar-refractivity contribution < 1.29 is 19.0 Å². The summed E-state index contributed by atoms with van der Waals surface area (Å²) in [6.45, 7) is 9.09. The van der Waals surface area contributed by atoms with Crippen molar-refractivity contribution in [3.05, 3.63) is 23.5 Å². The number of ether oxygens (including phenoxy) is 3. The van der Waals surface area contributed by atoms with E-state index in [1.807, 2.05) is 25.9 Å². The molecule has 0 saturated carbocycles. The van der Waals surface area contributed by atoms with Gasteiger partial charge in [0.2, 0.25) is 0 Å². The number of aromatic nitrogens is 1. The first kappa shape index (κ1) is 24.9. The molecule has 1 aromatic rings. The molecule has 4 heterocycles. The first-order valence-electron chi connectivity index (χ1n) is 12.5. The monoisotopic (exact) mass is 473 g/mol. The highest BCUT2D eigenvalue weighted by Gasteiger charge is 2.42. The number of anilines is 1. The van der Waals surface area contributed by atoms with Gasteiger partial charge >= 0.3 is 5.97 Å². The third-order valence-corrected chi connectivity index (χ3v) is 7.62. The largest absolute Gasteiger partial charge is 0.469 e. The molecule has 188 valence electrons. The van der Waals surface area contributed by atoms with Gasteiger partial charge in [0.05, 0.1) is 36.2 Å². The molecular formula is C25H39N5O4. The van der Waals surface area contributed by atoms with Crippen molar-refractivity contribution in [1.29, 1.82) is 0 Å². The Morgan fingerprint density at radius 3 is 2.79 bits per heavy atom. The summed E-state index contributed by atoms with van der Waals surface area (Å²) in [7, 11) is 3.40. The van der Waals surface area contributed by atoms with E-state index in [2.05, 4.69) is 34.3 Å². The molecule has 34 heavy (non-hydrogen) atoms. The summed E-state index contributed by atoms with van der Waals surface area (Å²) in [6, 6.07) is 4.05. The average molecular weight is 474 g/mol. The SMILES string of the molecule is CCc1nc(C2N=NN(C)C2COC2CCCCO2)ccc1N1CC[C@@H](C(C)(C)C(=O)OC)C1. The van der Waals surface area contributed by atoms with Gasteiger partial charge in [-0.05, 0) is 64.0 Å². The number of methoxy groups -OCH3 is 1. The number of carbonyl (C=O) groups excluding carboxylic acids is 1. The molecule has 3 aliphatic rings. The number of pyridine rings is 1. The highest BCUT2D eigenvalue weighted by Crippen LogP contribution is 2.39. The minimum absolute atomic E-state index is 0.00870. The highest BCUT2D eigenvalue weighted by atomic mass is 16.7. The van der Waals surface area contributed by atoms with Crippen LogP contribution in [-0.2, 0) is 25.4 Å². The lowest BCUT2D eigenvalue weighted by Crippen LogP contribution is -2.36. The second-order valence-electron chi connectivity index (χ2n) is 10.1. The van der Waals surface area contributed by atoms with Gasteiger partial charge in [-0.1, -0.05) is 12.1 Å². The predicted molar refractivity (Wildman–Crippen MR) is 128 cm³/mol. The number of nitrogens with zero attached hydrogens (tertiary/aromatic N) is 5. The van der Waals surface area contributed by atoms with Gasteiger partial charge < -0.3 is 19.1 Å². The van der Waals surface area contributed by atoms with Crippen LogP contribution in [0, 0.1) is 11.3 Å². The number of rotatable bonds is 8. The molecule has 9 nitrogen and oxygen atoms in total. The highest BCUT2D eigenvalue weighted by molar-refractivity contribution is 5.76. The van der Waals surface area contributed by atoms with E-state index < -0.39 is 5.41 Å². The second-order valence-corrected chi connectivity index (χ2v) is 10.1. The van der Waals surface area contributed by atoms with Gasteiger partial charge in [-0.25, -0.2) is 0 Å². The summed E-state index contributed by atoms with van der Waals surface area (Å²) in [5.41, 5.74) is 2.60. The van der Waals surface area contributed by atoms with Crippen LogP contribution in [0.2, 0.25) is 0 Å². The van der Waals surface area contributed by atoms with E-state index in [4.69, 9.17) is 19.2 Å². The third kappa shape index (κ3) is 5.05. The fourth-order valence-corrected chi connectivity index (χ4v) is 5.21. The quantitative estimate of drug-likeness (QED) is 0.529. The van der Waals surface area contributed by atoms with Crippen LogP contribution in [0.15, 0.2) is 22.5 Å². The number of likely N-dealkylation sites (N-methyl/N-ethyl adjacent to an activating group) is 1. The first-order valence-corrected chi connectivity index (χ1v) is 12.5. The van der Waals surface area contributed by atoms with Gasteiger partial charge in [0, 0.05) is 26.7 Å². The topological polar surface area (TPSA) is 88.9 Å². The molecule has 0 radical (unpaired) electrons. The maximum atomic E-state index is 12.3. The Morgan fingerprint density at radius 1 is 1.26 bits per heavy atom. The van der Waals surface area contributed by atoms with E-state index in [0.29, 0.717) is 6.61 Å². The van der Waals surface area contributed by atoms with Gasteiger partial charge in [-0.15, -0.1) is 0 Å². The van der Waals surface area contributed by atoms with Crippen molar-refractivity contribution in [2.45, 2.75) is 71.2 Å². The molecule has 2 fully saturated rings. The van der Waals surface area contributed by atoms with E-state index in [9.17, 15) is 4.79 Å². The van der Waals surface area contributed by atoms with Crippen molar-refractivity contribution in [2.24, 2.45) is 21.7 Å². The molecule has 0 N–H and O–H groups in total. The molecule has 3 unspecified atom stereocenters. The zero-order valence-corrected chi connectivity index (χ0v) is 21.2. The molecule has 0 aliphatic carbocycles. The summed E-state index contributed by atoms with van der Waals surface area (Å²) < 4.78 is 16.8. The van der Waals surface area contributed by atoms with Crippen LogP contribution in [0.3, 0.4) is 0 Å². The second kappa shape index (κ2) is 10.6. The first-order chi connectivity index (χ1) is 16.3. The van der Waals surface area contributed by atoms with Crippen LogP contribution in [0.5, 0.6) is 0 Å². The van der Waals surface area contributed by atoms with Gasteiger partial charge in [0.25, 0.3) is 0 Å². The third-order valence-electron chi connectivity index (χ3n) is 7.62. The van der Waals surface area contributed by atoms with Gasteiger partial charge in [0.15, 0.2) is 6.29 Å². The Morgan fingerprint density at radius 2 is 2.09 bits per heavy atom. The standard InChI is InChI=1S/C25H39N5O4/c1-6-18-20(30-13-12-17(15-30)25(2,3)24(31)32-5)11-10-19(26-18)23-21(29(4)28-27-23)16-34-22-9-7-8-14-33-22/h10-11,17,21-23H,6-9,12-16H2,1-5H3/t17-,21?,22?,23?/m1/s1. The van der Waals surface area contributed by atoms with Gasteiger partial charge in [-0.2, -0.15) is 5.11 Å². The minimum Gasteiger partial charge on any atom is -0.469 e. The number of carbonyl (C=O) groups is 1. The molecule has 0 amide bonds. The Bertz CT molecular complexity index is 886. The van der Waals surface area contributed by atoms with Crippen molar-refractivity contribution in [1.82, 2.24) is 9.99 Å². The summed E-state index contributed by atoms with van der Waals surface area (Å²) >= 11 is 0.